The van der Waals surface area contributed by atoms with Crippen LogP contribution in [0.3, 0.4) is 0 Å². The maximum atomic E-state index is 13.2. The van der Waals surface area contributed by atoms with Crippen LogP contribution in [0.1, 0.15) is 25.3 Å². The fraction of sp³-hybridized carbons (Fsp3) is 0.571. The molecule has 0 spiro atoms. The van der Waals surface area contributed by atoms with E-state index in [2.05, 4.69) is 0 Å². The first-order valence-corrected chi connectivity index (χ1v) is 6.29. The van der Waals surface area contributed by atoms with Crippen molar-refractivity contribution < 1.29 is 13.9 Å². The standard InChI is InChI=1S/C14H22FNO2/c1-11(16)9-12-10-13(15)5-6-14(12)18-8-4-3-7-17-2/h5-6,10-11H,3-4,7-9,16H2,1-2H3. The first kappa shape index (κ1) is 14.9. The average Bonchev–Trinajstić information content (AvgIpc) is 2.30. The molecule has 1 unspecified atom stereocenters. The SMILES string of the molecule is COCCCCOc1ccc(F)cc1CC(C)N. The van der Waals surface area contributed by atoms with Crippen LogP contribution in [0.2, 0.25) is 0 Å². The van der Waals surface area contributed by atoms with Gasteiger partial charge in [0.25, 0.3) is 0 Å². The Hall–Kier alpha value is -1.13. The zero-order valence-corrected chi connectivity index (χ0v) is 11.1. The second kappa shape index (κ2) is 8.06. The van der Waals surface area contributed by atoms with E-state index in [1.165, 1.54) is 12.1 Å². The van der Waals surface area contributed by atoms with E-state index < -0.39 is 0 Å². The second-order valence-corrected chi connectivity index (χ2v) is 4.48. The number of hydrogen-bond donors (Lipinski definition) is 1. The van der Waals surface area contributed by atoms with Gasteiger partial charge in [0.2, 0.25) is 0 Å². The Morgan fingerprint density at radius 2 is 2.00 bits per heavy atom. The lowest BCUT2D eigenvalue weighted by Crippen LogP contribution is -2.18. The molecule has 0 heterocycles. The summed E-state index contributed by atoms with van der Waals surface area (Å²) in [5.41, 5.74) is 6.57. The number of benzene rings is 1. The molecule has 0 aliphatic heterocycles. The number of hydrogen-bond acceptors (Lipinski definition) is 3. The van der Waals surface area contributed by atoms with Crippen LogP contribution in [0.25, 0.3) is 0 Å². The Morgan fingerprint density at radius 3 is 2.67 bits per heavy atom. The van der Waals surface area contributed by atoms with E-state index in [0.29, 0.717) is 13.0 Å². The van der Waals surface area contributed by atoms with E-state index in [4.69, 9.17) is 15.2 Å². The quantitative estimate of drug-likeness (QED) is 0.726. The molecule has 0 saturated heterocycles. The van der Waals surface area contributed by atoms with Crippen LogP contribution in [-0.4, -0.2) is 26.4 Å². The van der Waals surface area contributed by atoms with Gasteiger partial charge in [-0.05, 0) is 49.9 Å². The molecule has 3 nitrogen and oxygen atoms in total. The third-order valence-electron chi connectivity index (χ3n) is 2.56. The smallest absolute Gasteiger partial charge is 0.123 e. The van der Waals surface area contributed by atoms with Gasteiger partial charge in [-0.15, -0.1) is 0 Å². The van der Waals surface area contributed by atoms with Crippen LogP contribution >= 0.6 is 0 Å². The van der Waals surface area contributed by atoms with Gasteiger partial charge in [0.05, 0.1) is 6.61 Å². The molecule has 1 aromatic carbocycles. The van der Waals surface area contributed by atoms with Crippen LogP contribution in [0.15, 0.2) is 18.2 Å². The highest BCUT2D eigenvalue weighted by Crippen LogP contribution is 2.21. The molecule has 0 aliphatic rings. The average molecular weight is 255 g/mol. The summed E-state index contributed by atoms with van der Waals surface area (Å²) in [5.74, 6) is 0.475. The molecule has 0 bridgehead atoms. The largest absolute Gasteiger partial charge is 0.493 e. The van der Waals surface area contributed by atoms with Crippen molar-refractivity contribution >= 4 is 0 Å². The molecule has 0 amide bonds. The van der Waals surface area contributed by atoms with Gasteiger partial charge in [-0.1, -0.05) is 0 Å². The molecule has 0 radical (unpaired) electrons. The van der Waals surface area contributed by atoms with Crippen LogP contribution < -0.4 is 10.5 Å². The van der Waals surface area contributed by atoms with Gasteiger partial charge >= 0.3 is 0 Å². The number of unbranched alkanes of at least 4 members (excludes halogenated alkanes) is 1. The van der Waals surface area contributed by atoms with Crippen molar-refractivity contribution in [3.8, 4) is 5.75 Å². The van der Waals surface area contributed by atoms with Gasteiger partial charge in [0.1, 0.15) is 11.6 Å². The Morgan fingerprint density at radius 1 is 1.28 bits per heavy atom. The number of halogens is 1. The van der Waals surface area contributed by atoms with Crippen molar-refractivity contribution in [2.24, 2.45) is 5.73 Å². The molecular weight excluding hydrogens is 233 g/mol. The zero-order valence-electron chi connectivity index (χ0n) is 11.1. The summed E-state index contributed by atoms with van der Waals surface area (Å²) in [6, 6.07) is 4.56. The maximum absolute atomic E-state index is 13.2. The minimum atomic E-state index is -0.252. The fourth-order valence-electron chi connectivity index (χ4n) is 1.73. The van der Waals surface area contributed by atoms with Gasteiger partial charge in [-0.3, -0.25) is 0 Å². The van der Waals surface area contributed by atoms with Gasteiger partial charge in [0, 0.05) is 19.8 Å². The van der Waals surface area contributed by atoms with E-state index in [9.17, 15) is 4.39 Å². The maximum Gasteiger partial charge on any atom is 0.123 e. The Bertz CT molecular complexity index is 356. The van der Waals surface area contributed by atoms with E-state index >= 15 is 0 Å². The summed E-state index contributed by atoms with van der Waals surface area (Å²) in [7, 11) is 1.68. The van der Waals surface area contributed by atoms with E-state index in [1.54, 1.807) is 13.2 Å². The Kier molecular flexibility index (Phi) is 6.68. The Labute approximate surface area is 108 Å². The first-order valence-electron chi connectivity index (χ1n) is 6.29. The molecule has 1 atom stereocenters. The molecular formula is C14H22FNO2. The third kappa shape index (κ3) is 5.47. The van der Waals surface area contributed by atoms with Crippen molar-refractivity contribution in [1.82, 2.24) is 0 Å². The summed E-state index contributed by atoms with van der Waals surface area (Å²) >= 11 is 0. The summed E-state index contributed by atoms with van der Waals surface area (Å²) in [4.78, 5) is 0. The molecule has 102 valence electrons. The van der Waals surface area contributed by atoms with Crippen molar-refractivity contribution in [3.63, 3.8) is 0 Å². The van der Waals surface area contributed by atoms with Crippen LogP contribution in [0, 0.1) is 5.82 Å². The summed E-state index contributed by atoms with van der Waals surface area (Å²) in [6.45, 7) is 3.24. The summed E-state index contributed by atoms with van der Waals surface area (Å²) in [6.07, 6.45) is 2.49. The predicted octanol–water partition coefficient (Wildman–Crippen LogP) is 2.52. The van der Waals surface area contributed by atoms with Crippen LogP contribution in [0.4, 0.5) is 4.39 Å². The van der Waals surface area contributed by atoms with Crippen molar-refractivity contribution in [3.05, 3.63) is 29.6 Å². The highest BCUT2D eigenvalue weighted by atomic mass is 19.1. The van der Waals surface area contributed by atoms with E-state index in [1.807, 2.05) is 6.92 Å². The van der Waals surface area contributed by atoms with Gasteiger partial charge in [-0.25, -0.2) is 4.39 Å². The van der Waals surface area contributed by atoms with Crippen LogP contribution in [0.5, 0.6) is 5.75 Å². The molecule has 2 N–H and O–H groups in total. The molecule has 0 aliphatic carbocycles. The van der Waals surface area contributed by atoms with Crippen molar-refractivity contribution in [2.45, 2.75) is 32.2 Å². The lowest BCUT2D eigenvalue weighted by atomic mass is 10.1. The van der Waals surface area contributed by atoms with E-state index in [-0.39, 0.29) is 11.9 Å². The third-order valence-corrected chi connectivity index (χ3v) is 2.56. The fourth-order valence-corrected chi connectivity index (χ4v) is 1.73. The van der Waals surface area contributed by atoms with Gasteiger partial charge in [-0.2, -0.15) is 0 Å². The lowest BCUT2D eigenvalue weighted by molar-refractivity contribution is 0.184. The normalized spacial score (nSPS) is 12.4. The highest BCUT2D eigenvalue weighted by Gasteiger charge is 2.07. The minimum Gasteiger partial charge on any atom is -0.493 e. The Balaban J connectivity index is 2.52. The lowest BCUT2D eigenvalue weighted by Gasteiger charge is -2.13. The topological polar surface area (TPSA) is 44.5 Å². The molecule has 1 rings (SSSR count). The molecule has 18 heavy (non-hydrogen) atoms. The van der Waals surface area contributed by atoms with Crippen LogP contribution in [-0.2, 0) is 11.2 Å². The number of ether oxygens (including phenoxy) is 2. The predicted molar refractivity (Wildman–Crippen MR) is 70.4 cm³/mol. The first-order chi connectivity index (χ1) is 8.63. The monoisotopic (exact) mass is 255 g/mol. The minimum absolute atomic E-state index is 0.0114. The van der Waals surface area contributed by atoms with Gasteiger partial charge < -0.3 is 15.2 Å². The van der Waals surface area contributed by atoms with Crippen molar-refractivity contribution in [2.75, 3.05) is 20.3 Å². The molecule has 1 aromatic rings. The highest BCUT2D eigenvalue weighted by molar-refractivity contribution is 5.34. The second-order valence-electron chi connectivity index (χ2n) is 4.48. The number of methoxy groups -OCH3 is 1. The number of nitrogens with two attached hydrogens (primary N) is 1. The molecule has 0 fully saturated rings. The van der Waals surface area contributed by atoms with E-state index in [0.717, 1.165) is 30.8 Å². The molecule has 0 aromatic heterocycles. The molecule has 4 heteroatoms. The van der Waals surface area contributed by atoms with Crippen molar-refractivity contribution in [1.29, 1.82) is 0 Å². The van der Waals surface area contributed by atoms with Gasteiger partial charge in [0.15, 0.2) is 0 Å². The summed E-state index contributed by atoms with van der Waals surface area (Å²) < 4.78 is 23.8. The summed E-state index contributed by atoms with van der Waals surface area (Å²) in [5, 5.41) is 0. The number of rotatable bonds is 8. The molecule has 0 saturated carbocycles. The zero-order chi connectivity index (χ0) is 13.4.